The number of hydrogen-bond acceptors (Lipinski definition) is 3. The lowest BCUT2D eigenvalue weighted by molar-refractivity contribution is -0.145. The Morgan fingerprint density at radius 3 is 2.93 bits per heavy atom. The molecule has 1 saturated carbocycles. The van der Waals surface area contributed by atoms with E-state index in [1.54, 1.807) is 0 Å². The quantitative estimate of drug-likeness (QED) is 0.696. The van der Waals surface area contributed by atoms with E-state index in [0.717, 1.165) is 13.0 Å². The highest BCUT2D eigenvalue weighted by Gasteiger charge is 2.47. The highest BCUT2D eigenvalue weighted by Crippen LogP contribution is 2.44. The van der Waals surface area contributed by atoms with Crippen molar-refractivity contribution in [2.45, 2.75) is 44.6 Å². The molecule has 1 unspecified atom stereocenters. The zero-order valence-electron chi connectivity index (χ0n) is 8.84. The fraction of sp³-hybridized carbons (Fsp3) is 0.909. The molecule has 1 heterocycles. The van der Waals surface area contributed by atoms with Crippen LogP contribution in [0.5, 0.6) is 0 Å². The van der Waals surface area contributed by atoms with Crippen LogP contribution in [0.15, 0.2) is 0 Å². The standard InChI is InChI=1S/C11H19NO2/c1-2-14-10(13)8-9-4-7-12-11(9)5-3-6-11/h9,12H,2-8H2,1H3. The van der Waals surface area contributed by atoms with Gasteiger partial charge >= 0.3 is 5.97 Å². The van der Waals surface area contributed by atoms with Gasteiger partial charge in [-0.25, -0.2) is 0 Å². The van der Waals surface area contributed by atoms with Crippen LogP contribution in [0, 0.1) is 5.92 Å². The Balaban J connectivity index is 1.87. The molecule has 0 aromatic rings. The fourth-order valence-corrected chi connectivity index (χ4v) is 2.78. The van der Waals surface area contributed by atoms with E-state index in [9.17, 15) is 4.79 Å². The SMILES string of the molecule is CCOC(=O)CC1CCNC12CCC2. The maximum Gasteiger partial charge on any atom is 0.306 e. The average Bonchev–Trinajstić information content (AvgIpc) is 2.47. The van der Waals surface area contributed by atoms with Crippen LogP contribution in [0.3, 0.4) is 0 Å². The molecule has 1 aliphatic heterocycles. The van der Waals surface area contributed by atoms with Gasteiger partial charge in [0.1, 0.15) is 0 Å². The maximum atomic E-state index is 11.4. The summed E-state index contributed by atoms with van der Waals surface area (Å²) in [5.74, 6) is 0.503. The molecule has 3 nitrogen and oxygen atoms in total. The Morgan fingerprint density at radius 1 is 1.57 bits per heavy atom. The van der Waals surface area contributed by atoms with E-state index < -0.39 is 0 Å². The molecular weight excluding hydrogens is 178 g/mol. The molecule has 0 amide bonds. The number of rotatable bonds is 3. The number of carbonyl (C=O) groups excluding carboxylic acids is 1. The van der Waals surface area contributed by atoms with Crippen LogP contribution in [0.1, 0.15) is 39.0 Å². The molecule has 0 aromatic heterocycles. The van der Waals surface area contributed by atoms with Crippen LogP contribution in [0.4, 0.5) is 0 Å². The third-order valence-corrected chi connectivity index (χ3v) is 3.72. The number of ether oxygens (including phenoxy) is 1. The average molecular weight is 197 g/mol. The van der Waals surface area contributed by atoms with Gasteiger partial charge in [-0.05, 0) is 45.1 Å². The first-order valence-corrected chi connectivity index (χ1v) is 5.67. The first-order chi connectivity index (χ1) is 6.77. The van der Waals surface area contributed by atoms with Crippen molar-refractivity contribution in [1.29, 1.82) is 0 Å². The van der Waals surface area contributed by atoms with Gasteiger partial charge in [0.15, 0.2) is 0 Å². The van der Waals surface area contributed by atoms with Crippen molar-refractivity contribution in [1.82, 2.24) is 5.32 Å². The number of esters is 1. The summed E-state index contributed by atoms with van der Waals surface area (Å²) in [6.07, 6.45) is 5.56. The molecule has 2 fully saturated rings. The molecule has 0 aromatic carbocycles. The number of carbonyl (C=O) groups is 1. The van der Waals surface area contributed by atoms with Gasteiger partial charge in [0, 0.05) is 5.54 Å². The lowest BCUT2D eigenvalue weighted by Crippen LogP contribution is -2.51. The van der Waals surface area contributed by atoms with Crippen LogP contribution < -0.4 is 5.32 Å². The van der Waals surface area contributed by atoms with Gasteiger partial charge in [-0.1, -0.05) is 0 Å². The Morgan fingerprint density at radius 2 is 2.36 bits per heavy atom. The van der Waals surface area contributed by atoms with Crippen LogP contribution in [0.25, 0.3) is 0 Å². The Hall–Kier alpha value is -0.570. The first-order valence-electron chi connectivity index (χ1n) is 5.67. The fourth-order valence-electron chi connectivity index (χ4n) is 2.78. The number of nitrogens with one attached hydrogen (secondary N) is 1. The minimum absolute atomic E-state index is 0.0209. The smallest absolute Gasteiger partial charge is 0.306 e. The summed E-state index contributed by atoms with van der Waals surface area (Å²) in [5, 5.41) is 3.56. The van der Waals surface area contributed by atoms with Crippen molar-refractivity contribution in [3.63, 3.8) is 0 Å². The molecule has 1 N–H and O–H groups in total. The van der Waals surface area contributed by atoms with E-state index in [1.165, 1.54) is 19.3 Å². The summed E-state index contributed by atoms with van der Waals surface area (Å²) in [4.78, 5) is 11.4. The molecule has 3 heteroatoms. The second-order valence-corrected chi connectivity index (χ2v) is 4.43. The summed E-state index contributed by atoms with van der Waals surface area (Å²) in [6.45, 7) is 3.44. The van der Waals surface area contributed by atoms with Crippen molar-refractivity contribution in [2.24, 2.45) is 5.92 Å². The van der Waals surface area contributed by atoms with Gasteiger partial charge in [-0.2, -0.15) is 0 Å². The van der Waals surface area contributed by atoms with E-state index in [2.05, 4.69) is 5.32 Å². The monoisotopic (exact) mass is 197 g/mol. The Kier molecular flexibility index (Phi) is 2.77. The largest absolute Gasteiger partial charge is 0.466 e. The van der Waals surface area contributed by atoms with Gasteiger partial charge in [0.25, 0.3) is 0 Å². The maximum absolute atomic E-state index is 11.4. The molecule has 14 heavy (non-hydrogen) atoms. The topological polar surface area (TPSA) is 38.3 Å². The van der Waals surface area contributed by atoms with Crippen molar-refractivity contribution in [2.75, 3.05) is 13.2 Å². The van der Waals surface area contributed by atoms with E-state index >= 15 is 0 Å². The van der Waals surface area contributed by atoms with Crippen LogP contribution >= 0.6 is 0 Å². The summed E-state index contributed by atoms with van der Waals surface area (Å²) >= 11 is 0. The van der Waals surface area contributed by atoms with Crippen LogP contribution in [-0.4, -0.2) is 24.7 Å². The normalized spacial score (nSPS) is 28.8. The van der Waals surface area contributed by atoms with Crippen molar-refractivity contribution in [3.8, 4) is 0 Å². The summed E-state index contributed by atoms with van der Waals surface area (Å²) < 4.78 is 5.00. The molecule has 1 spiro atoms. The second kappa shape index (κ2) is 3.89. The lowest BCUT2D eigenvalue weighted by atomic mass is 9.68. The van der Waals surface area contributed by atoms with E-state index in [0.29, 0.717) is 24.5 Å². The predicted molar refractivity (Wildman–Crippen MR) is 53.9 cm³/mol. The highest BCUT2D eigenvalue weighted by molar-refractivity contribution is 5.70. The third-order valence-electron chi connectivity index (χ3n) is 3.72. The molecule has 1 saturated heterocycles. The van der Waals surface area contributed by atoms with Gasteiger partial charge in [0.2, 0.25) is 0 Å². The molecular formula is C11H19NO2. The lowest BCUT2D eigenvalue weighted by Gasteiger charge is -2.43. The summed E-state index contributed by atoms with van der Waals surface area (Å²) in [6, 6.07) is 0. The van der Waals surface area contributed by atoms with E-state index in [1.807, 2.05) is 6.92 Å². The van der Waals surface area contributed by atoms with E-state index in [4.69, 9.17) is 4.74 Å². The number of hydrogen-bond donors (Lipinski definition) is 1. The zero-order chi connectivity index (χ0) is 10.0. The molecule has 1 aliphatic carbocycles. The minimum Gasteiger partial charge on any atom is -0.466 e. The molecule has 0 bridgehead atoms. The molecule has 2 aliphatic rings. The van der Waals surface area contributed by atoms with Crippen molar-refractivity contribution < 1.29 is 9.53 Å². The van der Waals surface area contributed by atoms with Gasteiger partial charge in [0.05, 0.1) is 13.0 Å². The first kappa shape index (κ1) is 9.97. The molecule has 0 radical (unpaired) electrons. The zero-order valence-corrected chi connectivity index (χ0v) is 8.84. The summed E-state index contributed by atoms with van der Waals surface area (Å²) in [7, 11) is 0. The van der Waals surface area contributed by atoms with Gasteiger partial charge in [-0.3, -0.25) is 4.79 Å². The van der Waals surface area contributed by atoms with Crippen molar-refractivity contribution >= 4 is 5.97 Å². The third kappa shape index (κ3) is 1.65. The summed E-state index contributed by atoms with van der Waals surface area (Å²) in [5.41, 5.74) is 0.312. The molecule has 1 atom stereocenters. The molecule has 80 valence electrons. The Labute approximate surface area is 85.2 Å². The predicted octanol–water partition coefficient (Wildman–Crippen LogP) is 1.47. The second-order valence-electron chi connectivity index (χ2n) is 4.43. The highest BCUT2D eigenvalue weighted by atomic mass is 16.5. The van der Waals surface area contributed by atoms with Gasteiger partial charge in [-0.15, -0.1) is 0 Å². The van der Waals surface area contributed by atoms with Gasteiger partial charge < -0.3 is 10.1 Å². The molecule has 2 rings (SSSR count). The Bertz CT molecular complexity index is 223. The van der Waals surface area contributed by atoms with Crippen LogP contribution in [-0.2, 0) is 9.53 Å². The van der Waals surface area contributed by atoms with Crippen molar-refractivity contribution in [3.05, 3.63) is 0 Å². The van der Waals surface area contributed by atoms with E-state index in [-0.39, 0.29) is 5.97 Å². The van der Waals surface area contributed by atoms with Crippen LogP contribution in [0.2, 0.25) is 0 Å². The minimum atomic E-state index is -0.0209.